The topological polar surface area (TPSA) is 66.0 Å². The van der Waals surface area contributed by atoms with Gasteiger partial charge in [-0.25, -0.2) is 4.98 Å². The monoisotopic (exact) mass is 234 g/mol. The fourth-order valence-corrected chi connectivity index (χ4v) is 1.76. The predicted octanol–water partition coefficient (Wildman–Crippen LogP) is 2.30. The molecule has 0 aliphatic rings. The quantitative estimate of drug-likeness (QED) is 0.586. The number of aryl methyl sites for hydroxylation is 1. The molecule has 0 aliphatic carbocycles. The smallest absolute Gasteiger partial charge is 0.139 e. The van der Waals surface area contributed by atoms with Crippen LogP contribution < -0.4 is 10.6 Å². The summed E-state index contributed by atoms with van der Waals surface area (Å²) in [5, 5.41) is 7.60. The minimum absolute atomic E-state index is 0.0856. The third kappa shape index (κ3) is 3.44. The Balaban J connectivity index is 3.06. The maximum atomic E-state index is 7.60. The maximum Gasteiger partial charge on any atom is 0.139 e. The summed E-state index contributed by atoms with van der Waals surface area (Å²) in [4.78, 5) is 6.71. The van der Waals surface area contributed by atoms with Gasteiger partial charge in [0.1, 0.15) is 11.7 Å². The van der Waals surface area contributed by atoms with E-state index in [1.807, 2.05) is 19.1 Å². The van der Waals surface area contributed by atoms with Gasteiger partial charge in [-0.05, 0) is 32.4 Å². The van der Waals surface area contributed by atoms with Crippen molar-refractivity contribution in [3.63, 3.8) is 0 Å². The molecule has 1 aromatic rings. The average molecular weight is 234 g/mol. The molecule has 0 spiro atoms. The lowest BCUT2D eigenvalue weighted by molar-refractivity contribution is 0.722. The number of aromatic nitrogens is 1. The number of rotatable bonds is 6. The van der Waals surface area contributed by atoms with Crippen LogP contribution in [-0.4, -0.2) is 23.9 Å². The molecule has 0 amide bonds. The Labute approximate surface area is 103 Å². The van der Waals surface area contributed by atoms with Gasteiger partial charge >= 0.3 is 0 Å². The number of nitrogens with one attached hydrogen (secondary N) is 1. The van der Waals surface area contributed by atoms with E-state index in [0.29, 0.717) is 0 Å². The molecule has 4 nitrogen and oxygen atoms in total. The van der Waals surface area contributed by atoms with E-state index in [1.54, 1.807) is 0 Å². The molecule has 0 fully saturated rings. The van der Waals surface area contributed by atoms with Gasteiger partial charge in [-0.3, -0.25) is 5.41 Å². The summed E-state index contributed by atoms with van der Waals surface area (Å²) in [5.41, 5.74) is 7.29. The molecular formula is C13H22N4. The summed E-state index contributed by atoms with van der Waals surface area (Å²) in [6, 6.07) is 3.78. The van der Waals surface area contributed by atoms with E-state index in [4.69, 9.17) is 11.1 Å². The molecule has 0 aliphatic heterocycles. The number of nitrogens with zero attached hydrogens (tertiary/aromatic N) is 2. The first kappa shape index (κ1) is 13.5. The number of nitrogens with two attached hydrogens (primary N) is 1. The van der Waals surface area contributed by atoms with Gasteiger partial charge in [0.25, 0.3) is 0 Å². The number of amidine groups is 1. The first-order valence-electron chi connectivity index (χ1n) is 6.17. The molecule has 17 heavy (non-hydrogen) atoms. The number of hydrogen-bond acceptors (Lipinski definition) is 3. The zero-order chi connectivity index (χ0) is 12.8. The van der Waals surface area contributed by atoms with Crippen molar-refractivity contribution in [3.05, 3.63) is 23.4 Å². The van der Waals surface area contributed by atoms with Crippen molar-refractivity contribution in [1.29, 1.82) is 5.41 Å². The highest BCUT2D eigenvalue weighted by Crippen LogP contribution is 2.18. The number of pyridine rings is 1. The molecule has 0 radical (unpaired) electrons. The van der Waals surface area contributed by atoms with E-state index in [0.717, 1.165) is 43.0 Å². The zero-order valence-corrected chi connectivity index (χ0v) is 11.0. The normalized spacial score (nSPS) is 10.3. The van der Waals surface area contributed by atoms with Gasteiger partial charge in [-0.1, -0.05) is 13.3 Å². The van der Waals surface area contributed by atoms with Crippen molar-refractivity contribution < 1.29 is 0 Å². The first-order chi connectivity index (χ1) is 8.10. The second kappa shape index (κ2) is 6.23. The summed E-state index contributed by atoms with van der Waals surface area (Å²) < 4.78 is 0. The number of hydrogen-bond donors (Lipinski definition) is 2. The van der Waals surface area contributed by atoms with Crippen molar-refractivity contribution in [2.24, 2.45) is 5.73 Å². The van der Waals surface area contributed by atoms with Crippen molar-refractivity contribution in [1.82, 2.24) is 4.98 Å². The molecule has 94 valence electrons. The van der Waals surface area contributed by atoms with Gasteiger partial charge in [0.2, 0.25) is 0 Å². The van der Waals surface area contributed by atoms with Crippen LogP contribution in [0.4, 0.5) is 5.82 Å². The number of nitrogen functional groups attached to an aromatic ring is 1. The van der Waals surface area contributed by atoms with Crippen LogP contribution in [0.5, 0.6) is 0 Å². The van der Waals surface area contributed by atoms with E-state index in [2.05, 4.69) is 23.7 Å². The minimum atomic E-state index is 0.0856. The molecule has 1 heterocycles. The molecule has 0 atom stereocenters. The van der Waals surface area contributed by atoms with Crippen molar-refractivity contribution >= 4 is 11.7 Å². The van der Waals surface area contributed by atoms with Gasteiger partial charge in [0.15, 0.2) is 0 Å². The van der Waals surface area contributed by atoms with Gasteiger partial charge in [-0.2, -0.15) is 0 Å². The van der Waals surface area contributed by atoms with E-state index in [1.165, 1.54) is 0 Å². The molecule has 1 aromatic heterocycles. The summed E-state index contributed by atoms with van der Waals surface area (Å²) in [6.45, 7) is 8.08. The highest BCUT2D eigenvalue weighted by Gasteiger charge is 2.13. The Morgan fingerprint density at radius 2 is 2.12 bits per heavy atom. The molecule has 0 saturated heterocycles. The molecule has 4 heteroatoms. The molecule has 0 aromatic carbocycles. The summed E-state index contributed by atoms with van der Waals surface area (Å²) in [6.07, 6.45) is 2.28. The third-order valence-electron chi connectivity index (χ3n) is 2.77. The third-order valence-corrected chi connectivity index (χ3v) is 2.77. The second-order valence-electron chi connectivity index (χ2n) is 4.17. The van der Waals surface area contributed by atoms with Crippen molar-refractivity contribution in [3.8, 4) is 0 Å². The van der Waals surface area contributed by atoms with Crippen molar-refractivity contribution in [2.75, 3.05) is 18.0 Å². The van der Waals surface area contributed by atoms with Crippen LogP contribution in [0.2, 0.25) is 0 Å². The Morgan fingerprint density at radius 3 is 2.65 bits per heavy atom. The summed E-state index contributed by atoms with van der Waals surface area (Å²) in [5.74, 6) is 0.927. The van der Waals surface area contributed by atoms with Crippen LogP contribution in [0, 0.1) is 12.3 Å². The highest BCUT2D eigenvalue weighted by molar-refractivity contribution is 5.99. The molecule has 3 N–H and O–H groups in total. The predicted molar refractivity (Wildman–Crippen MR) is 72.8 cm³/mol. The molecule has 0 unspecified atom stereocenters. The van der Waals surface area contributed by atoms with E-state index in [-0.39, 0.29) is 5.84 Å². The lowest BCUT2D eigenvalue weighted by Gasteiger charge is -2.24. The van der Waals surface area contributed by atoms with E-state index < -0.39 is 0 Å². The highest BCUT2D eigenvalue weighted by atomic mass is 15.2. The first-order valence-corrected chi connectivity index (χ1v) is 6.17. The zero-order valence-electron chi connectivity index (χ0n) is 11.0. The van der Waals surface area contributed by atoms with Crippen LogP contribution >= 0.6 is 0 Å². The van der Waals surface area contributed by atoms with E-state index >= 15 is 0 Å². The van der Waals surface area contributed by atoms with Crippen LogP contribution in [0.1, 0.15) is 37.9 Å². The largest absolute Gasteiger partial charge is 0.384 e. The molecule has 0 saturated carbocycles. The Hall–Kier alpha value is -1.58. The van der Waals surface area contributed by atoms with E-state index in [9.17, 15) is 0 Å². The maximum absolute atomic E-state index is 7.60. The Morgan fingerprint density at radius 1 is 1.41 bits per heavy atom. The van der Waals surface area contributed by atoms with Gasteiger partial charge < -0.3 is 10.6 Å². The Bertz CT molecular complexity index is 387. The number of unbranched alkanes of at least 4 members (excludes halogenated alkanes) is 1. The fourth-order valence-electron chi connectivity index (χ4n) is 1.76. The SMILES string of the molecule is CCCCN(CC)c1nc(C)ccc1C(=N)N. The molecule has 0 bridgehead atoms. The van der Waals surface area contributed by atoms with Crippen LogP contribution in [-0.2, 0) is 0 Å². The molecular weight excluding hydrogens is 212 g/mol. The summed E-state index contributed by atoms with van der Waals surface area (Å²) >= 11 is 0. The summed E-state index contributed by atoms with van der Waals surface area (Å²) in [7, 11) is 0. The standard InChI is InChI=1S/C13H22N4/c1-4-6-9-17(5-2)13-11(12(14)15)8-7-10(3)16-13/h7-8H,4-6,9H2,1-3H3,(H3,14,15). The van der Waals surface area contributed by atoms with Crippen molar-refractivity contribution in [2.45, 2.75) is 33.6 Å². The van der Waals surface area contributed by atoms with Gasteiger partial charge in [-0.15, -0.1) is 0 Å². The fraction of sp³-hybridized carbons (Fsp3) is 0.538. The lowest BCUT2D eigenvalue weighted by atomic mass is 10.2. The number of anilines is 1. The van der Waals surface area contributed by atoms with Gasteiger partial charge in [0.05, 0.1) is 5.56 Å². The van der Waals surface area contributed by atoms with Crippen LogP contribution in [0.15, 0.2) is 12.1 Å². The van der Waals surface area contributed by atoms with Crippen LogP contribution in [0.3, 0.4) is 0 Å². The van der Waals surface area contributed by atoms with Crippen LogP contribution in [0.25, 0.3) is 0 Å². The Kier molecular flexibility index (Phi) is 4.94. The minimum Gasteiger partial charge on any atom is -0.384 e. The average Bonchev–Trinajstić information content (AvgIpc) is 2.29. The second-order valence-corrected chi connectivity index (χ2v) is 4.17. The lowest BCUT2D eigenvalue weighted by Crippen LogP contribution is -2.28. The molecule has 1 rings (SSSR count). The van der Waals surface area contributed by atoms with Gasteiger partial charge in [0, 0.05) is 18.8 Å².